The maximum Gasteiger partial charge on any atom is 0.141 e. The fraction of sp³-hybridized carbons (Fsp3) is 0.200. The van der Waals surface area contributed by atoms with Crippen molar-refractivity contribution in [1.29, 1.82) is 0 Å². The number of aliphatic hydroxyl groups excluding tert-OH is 1. The van der Waals surface area contributed by atoms with E-state index in [-0.39, 0.29) is 0 Å². The molecule has 0 saturated carbocycles. The monoisotopic (exact) mass is 340 g/mol. The van der Waals surface area contributed by atoms with Crippen LogP contribution in [-0.4, -0.2) is 5.11 Å². The molecule has 0 amide bonds. The van der Waals surface area contributed by atoms with E-state index in [1.807, 2.05) is 37.3 Å². The summed E-state index contributed by atoms with van der Waals surface area (Å²) in [5, 5.41) is 10.2. The third-order valence-electron chi connectivity index (χ3n) is 2.81. The molecule has 0 aliphatic heterocycles. The van der Waals surface area contributed by atoms with Gasteiger partial charge in [-0.1, -0.05) is 23.7 Å². The van der Waals surface area contributed by atoms with Crippen LogP contribution in [0.2, 0.25) is 5.02 Å². The molecule has 0 fully saturated rings. The molecule has 1 N–H and O–H groups in total. The quantitative estimate of drug-likeness (QED) is 0.825. The maximum absolute atomic E-state index is 9.53. The lowest BCUT2D eigenvalue weighted by Crippen LogP contribution is -1.93. The predicted molar refractivity (Wildman–Crippen MR) is 81.0 cm³/mol. The van der Waals surface area contributed by atoms with E-state index in [1.165, 1.54) is 0 Å². The zero-order valence-corrected chi connectivity index (χ0v) is 13.0. The Hall–Kier alpha value is -1.03. The molecule has 0 heterocycles. The molecule has 0 aromatic heterocycles. The van der Waals surface area contributed by atoms with Crippen molar-refractivity contribution in [2.45, 2.75) is 20.0 Å². The van der Waals surface area contributed by atoms with Gasteiger partial charge in [0.1, 0.15) is 11.5 Å². The first kappa shape index (κ1) is 14.4. The molecule has 19 heavy (non-hydrogen) atoms. The van der Waals surface area contributed by atoms with E-state index in [2.05, 4.69) is 15.9 Å². The van der Waals surface area contributed by atoms with Gasteiger partial charge in [0, 0.05) is 5.02 Å². The average Bonchev–Trinajstić information content (AvgIpc) is 2.36. The van der Waals surface area contributed by atoms with Gasteiger partial charge in [-0.05, 0) is 65.2 Å². The highest BCUT2D eigenvalue weighted by Gasteiger charge is 2.09. The van der Waals surface area contributed by atoms with Crippen LogP contribution < -0.4 is 4.74 Å². The van der Waals surface area contributed by atoms with Gasteiger partial charge in [0.15, 0.2) is 0 Å². The standard InChI is InChI=1S/C15H14BrClO2/c1-9-3-5-12(17)8-15(9)19-14-6-4-11(10(2)18)7-13(14)16/h3-8,10,18H,1-2H3/t10-/m0/s1. The van der Waals surface area contributed by atoms with Crippen LogP contribution in [0.5, 0.6) is 11.5 Å². The summed E-state index contributed by atoms with van der Waals surface area (Å²) in [7, 11) is 0. The molecule has 0 radical (unpaired) electrons. The molecular weight excluding hydrogens is 328 g/mol. The summed E-state index contributed by atoms with van der Waals surface area (Å²) >= 11 is 9.41. The molecule has 2 aromatic carbocycles. The van der Waals surface area contributed by atoms with Gasteiger partial charge in [-0.2, -0.15) is 0 Å². The molecule has 100 valence electrons. The number of halogens is 2. The van der Waals surface area contributed by atoms with Gasteiger partial charge < -0.3 is 9.84 Å². The Kier molecular flexibility index (Phi) is 4.50. The van der Waals surface area contributed by atoms with E-state index in [0.717, 1.165) is 21.3 Å². The van der Waals surface area contributed by atoms with Gasteiger partial charge >= 0.3 is 0 Å². The number of benzene rings is 2. The van der Waals surface area contributed by atoms with Crippen LogP contribution in [0.15, 0.2) is 40.9 Å². The van der Waals surface area contributed by atoms with Crippen LogP contribution in [-0.2, 0) is 0 Å². The summed E-state index contributed by atoms with van der Waals surface area (Å²) in [5.41, 5.74) is 1.85. The first-order chi connectivity index (χ1) is 8.97. The number of hydrogen-bond donors (Lipinski definition) is 1. The Morgan fingerprint density at radius 3 is 2.53 bits per heavy atom. The number of aryl methyl sites for hydroxylation is 1. The summed E-state index contributed by atoms with van der Waals surface area (Å²) in [4.78, 5) is 0. The fourth-order valence-electron chi connectivity index (χ4n) is 1.66. The van der Waals surface area contributed by atoms with Crippen molar-refractivity contribution in [3.63, 3.8) is 0 Å². The van der Waals surface area contributed by atoms with Crippen molar-refractivity contribution in [1.82, 2.24) is 0 Å². The number of rotatable bonds is 3. The lowest BCUT2D eigenvalue weighted by atomic mass is 10.1. The lowest BCUT2D eigenvalue weighted by molar-refractivity contribution is 0.199. The van der Waals surface area contributed by atoms with Crippen molar-refractivity contribution in [3.05, 3.63) is 57.0 Å². The molecule has 2 rings (SSSR count). The third-order valence-corrected chi connectivity index (χ3v) is 3.66. The van der Waals surface area contributed by atoms with Gasteiger partial charge in [-0.3, -0.25) is 0 Å². The van der Waals surface area contributed by atoms with Crippen molar-refractivity contribution >= 4 is 27.5 Å². The first-order valence-corrected chi connectivity index (χ1v) is 7.06. The molecule has 1 atom stereocenters. The molecule has 2 aromatic rings. The fourth-order valence-corrected chi connectivity index (χ4v) is 2.30. The normalized spacial score (nSPS) is 12.3. The second kappa shape index (κ2) is 5.95. The highest BCUT2D eigenvalue weighted by Crippen LogP contribution is 2.34. The summed E-state index contributed by atoms with van der Waals surface area (Å²) in [5.74, 6) is 1.41. The maximum atomic E-state index is 9.53. The minimum absolute atomic E-state index is 0.502. The predicted octanol–water partition coefficient (Wildman–Crippen LogP) is 5.26. The number of hydrogen-bond acceptors (Lipinski definition) is 2. The smallest absolute Gasteiger partial charge is 0.141 e. The van der Waals surface area contributed by atoms with Gasteiger partial charge in [0.2, 0.25) is 0 Å². The lowest BCUT2D eigenvalue weighted by Gasteiger charge is -2.12. The zero-order valence-electron chi connectivity index (χ0n) is 10.7. The second-order valence-corrected chi connectivity index (χ2v) is 5.67. The molecule has 0 unspecified atom stereocenters. The van der Waals surface area contributed by atoms with Crippen LogP contribution in [0.1, 0.15) is 24.2 Å². The molecule has 0 saturated heterocycles. The Morgan fingerprint density at radius 1 is 1.16 bits per heavy atom. The molecule has 4 heteroatoms. The van der Waals surface area contributed by atoms with Crippen molar-refractivity contribution in [3.8, 4) is 11.5 Å². The number of aliphatic hydroxyl groups is 1. The van der Waals surface area contributed by atoms with Crippen LogP contribution in [0.25, 0.3) is 0 Å². The Labute approximate surface area is 126 Å². The zero-order chi connectivity index (χ0) is 14.0. The molecule has 0 bridgehead atoms. The SMILES string of the molecule is Cc1ccc(Cl)cc1Oc1ccc([C@H](C)O)cc1Br. The minimum atomic E-state index is -0.502. The van der Waals surface area contributed by atoms with Crippen LogP contribution >= 0.6 is 27.5 Å². The van der Waals surface area contributed by atoms with Crippen molar-refractivity contribution in [2.24, 2.45) is 0 Å². The van der Waals surface area contributed by atoms with Gasteiger partial charge in [-0.25, -0.2) is 0 Å². The Morgan fingerprint density at radius 2 is 1.89 bits per heavy atom. The van der Waals surface area contributed by atoms with E-state index < -0.39 is 6.10 Å². The van der Waals surface area contributed by atoms with E-state index in [0.29, 0.717) is 10.8 Å². The highest BCUT2D eigenvalue weighted by atomic mass is 79.9. The molecule has 0 spiro atoms. The third kappa shape index (κ3) is 3.50. The van der Waals surface area contributed by atoms with E-state index >= 15 is 0 Å². The van der Waals surface area contributed by atoms with Crippen LogP contribution in [0, 0.1) is 6.92 Å². The second-order valence-electron chi connectivity index (χ2n) is 4.38. The highest BCUT2D eigenvalue weighted by molar-refractivity contribution is 9.10. The van der Waals surface area contributed by atoms with Gasteiger partial charge in [-0.15, -0.1) is 0 Å². The molecule has 0 aliphatic rings. The van der Waals surface area contributed by atoms with E-state index in [4.69, 9.17) is 16.3 Å². The Balaban J connectivity index is 2.31. The van der Waals surface area contributed by atoms with Crippen molar-refractivity contribution < 1.29 is 9.84 Å². The number of ether oxygens (including phenoxy) is 1. The summed E-state index contributed by atoms with van der Waals surface area (Å²) < 4.78 is 6.64. The van der Waals surface area contributed by atoms with Gasteiger partial charge in [0.05, 0.1) is 10.6 Å². The molecular formula is C15H14BrClO2. The Bertz CT molecular complexity index is 597. The summed E-state index contributed by atoms with van der Waals surface area (Å²) in [6.07, 6.45) is -0.502. The van der Waals surface area contributed by atoms with Crippen LogP contribution in [0.4, 0.5) is 0 Å². The molecule has 2 nitrogen and oxygen atoms in total. The first-order valence-electron chi connectivity index (χ1n) is 5.89. The minimum Gasteiger partial charge on any atom is -0.456 e. The van der Waals surface area contributed by atoms with E-state index in [9.17, 15) is 5.11 Å². The molecule has 0 aliphatic carbocycles. The van der Waals surface area contributed by atoms with Gasteiger partial charge in [0.25, 0.3) is 0 Å². The topological polar surface area (TPSA) is 29.5 Å². The van der Waals surface area contributed by atoms with E-state index in [1.54, 1.807) is 13.0 Å². The largest absolute Gasteiger partial charge is 0.456 e. The summed E-state index contributed by atoms with van der Waals surface area (Å²) in [6.45, 7) is 3.69. The average molecular weight is 342 g/mol. The summed E-state index contributed by atoms with van der Waals surface area (Å²) in [6, 6.07) is 11.0. The van der Waals surface area contributed by atoms with Crippen molar-refractivity contribution in [2.75, 3.05) is 0 Å². The van der Waals surface area contributed by atoms with Crippen LogP contribution in [0.3, 0.4) is 0 Å².